The summed E-state index contributed by atoms with van der Waals surface area (Å²) in [4.78, 5) is 26.8. The van der Waals surface area contributed by atoms with Crippen molar-refractivity contribution in [3.8, 4) is 23.0 Å². The molecule has 4 rings (SSSR count). The zero-order chi connectivity index (χ0) is 31.7. The van der Waals surface area contributed by atoms with Crippen LogP contribution in [0.25, 0.3) is 0 Å². The fraction of sp³-hybridized carbons (Fsp3) is 0.316. The molecular weight excluding hydrogens is 595 g/mol. The first-order valence-corrected chi connectivity index (χ1v) is 16.9. The monoisotopic (exact) mass is 638 g/mol. The fourth-order valence-electron chi connectivity index (χ4n) is 5.16. The Kier molecular flexibility index (Phi) is 15.9. The van der Waals surface area contributed by atoms with Crippen LogP contribution in [0.15, 0.2) is 109 Å². The molecule has 0 spiro atoms. The van der Waals surface area contributed by atoms with Crippen LogP contribution in [0, 0.1) is 0 Å². The van der Waals surface area contributed by atoms with Crippen LogP contribution in [0.1, 0.15) is 88.2 Å². The van der Waals surface area contributed by atoms with Crippen molar-refractivity contribution < 1.29 is 32.1 Å². The first-order valence-electron chi connectivity index (χ1n) is 16.0. The second-order valence-corrected chi connectivity index (χ2v) is 11.7. The predicted molar refractivity (Wildman–Crippen MR) is 180 cm³/mol. The molecule has 1 N–H and O–H groups in total. The van der Waals surface area contributed by atoms with Crippen LogP contribution in [-0.2, 0) is 17.2 Å². The van der Waals surface area contributed by atoms with Gasteiger partial charge in [-0.15, -0.1) is 0 Å². The Bertz CT molecular complexity index is 1350. The summed E-state index contributed by atoms with van der Waals surface area (Å²) >= 11 is -1.32. The average Bonchev–Trinajstić information content (AvgIpc) is 3.06. The van der Waals surface area contributed by atoms with Gasteiger partial charge in [0.05, 0.1) is 0 Å². The molecule has 7 nitrogen and oxygen atoms in total. The SMILES string of the molecule is CCCCCC(C(=O)[O][Al+][O]C(=O)C(CCCCC)c1cccc(Oc2ccccc2)c1)c1cccc(Oc2ccccc2)c1.[OH-]. The smallest absolute Gasteiger partial charge is 0.870 e. The van der Waals surface area contributed by atoms with Gasteiger partial charge >= 0.3 is 275 Å². The first kappa shape index (κ1) is 36.4. The quantitative estimate of drug-likeness (QED) is 0.0790. The van der Waals surface area contributed by atoms with Gasteiger partial charge in [-0.3, -0.25) is 0 Å². The van der Waals surface area contributed by atoms with Gasteiger partial charge in [0.1, 0.15) is 0 Å². The number of benzene rings is 4. The van der Waals surface area contributed by atoms with Gasteiger partial charge in [-0.05, 0) is 0 Å². The fourth-order valence-corrected chi connectivity index (χ4v) is 5.73. The summed E-state index contributed by atoms with van der Waals surface area (Å²) in [5, 5.41) is 0. The maximum absolute atomic E-state index is 13.4. The molecule has 0 radical (unpaired) electrons. The van der Waals surface area contributed by atoms with Crippen molar-refractivity contribution in [3.63, 3.8) is 0 Å². The molecule has 0 aliphatic heterocycles. The molecule has 0 aliphatic rings. The van der Waals surface area contributed by atoms with Crippen LogP contribution in [0.5, 0.6) is 23.0 Å². The zero-order valence-corrected chi connectivity index (χ0v) is 27.8. The summed E-state index contributed by atoms with van der Waals surface area (Å²) in [5.41, 5.74) is 1.64. The van der Waals surface area contributed by atoms with Crippen molar-refractivity contribution in [3.05, 3.63) is 120 Å². The number of hydrogen-bond donors (Lipinski definition) is 0. The van der Waals surface area contributed by atoms with Crippen molar-refractivity contribution in [2.24, 2.45) is 0 Å². The average molecular weight is 639 g/mol. The molecule has 2 unspecified atom stereocenters. The maximum atomic E-state index is 13.4. The van der Waals surface area contributed by atoms with E-state index in [4.69, 9.17) is 17.1 Å². The van der Waals surface area contributed by atoms with Crippen LogP contribution in [0.3, 0.4) is 0 Å². The van der Waals surface area contributed by atoms with E-state index >= 15 is 0 Å². The van der Waals surface area contributed by atoms with E-state index in [1.165, 1.54) is 0 Å². The molecule has 4 aromatic carbocycles. The predicted octanol–water partition coefficient (Wildman–Crippen LogP) is 9.74. The van der Waals surface area contributed by atoms with E-state index < -0.39 is 27.7 Å². The van der Waals surface area contributed by atoms with Gasteiger partial charge < -0.3 is 5.48 Å². The number of para-hydroxylation sites is 2. The number of carbonyl (C=O) groups excluding carboxylic acids is 2. The molecule has 0 saturated heterocycles. The van der Waals surface area contributed by atoms with Gasteiger partial charge in [0.2, 0.25) is 0 Å². The largest absolute Gasteiger partial charge is 0.870 e. The number of ether oxygens (including phenoxy) is 2. The standard InChI is InChI=1S/2C19H22O3.Al.H2O/c2*1-2-3-5-13-18(19(20)21)15-9-8-12-17(14-15)22-16-10-6-4-7-11-16;;/h2*4,6-12,14,18H,2-3,5,13H2,1H3,(H,20,21);;1H2/q;;+3;/p-3. The molecule has 46 heavy (non-hydrogen) atoms. The number of rotatable bonds is 18. The molecule has 0 heterocycles. The van der Waals surface area contributed by atoms with Gasteiger partial charge in [0, 0.05) is 0 Å². The Labute approximate surface area is 279 Å². The van der Waals surface area contributed by atoms with E-state index in [1.807, 2.05) is 109 Å². The molecule has 2 atom stereocenters. The van der Waals surface area contributed by atoms with Gasteiger partial charge in [-0.1, -0.05) is 0 Å². The number of unbranched alkanes of at least 4 members (excludes halogenated alkanes) is 4. The third kappa shape index (κ3) is 11.7. The van der Waals surface area contributed by atoms with Crippen molar-refractivity contribution in [2.45, 2.75) is 77.0 Å². The molecule has 0 bridgehead atoms. The van der Waals surface area contributed by atoms with Gasteiger partial charge in [-0.25, -0.2) is 0 Å². The minimum atomic E-state index is -1.32. The minimum absolute atomic E-state index is 0. The van der Waals surface area contributed by atoms with E-state index in [-0.39, 0.29) is 17.4 Å². The Morgan fingerprint density at radius 1 is 0.543 bits per heavy atom. The van der Waals surface area contributed by atoms with E-state index in [2.05, 4.69) is 13.8 Å². The molecule has 0 aliphatic carbocycles. The van der Waals surface area contributed by atoms with Crippen LogP contribution < -0.4 is 9.47 Å². The topological polar surface area (TPSA) is 101 Å². The molecule has 0 saturated carbocycles. The molecule has 240 valence electrons. The van der Waals surface area contributed by atoms with Gasteiger partial charge in [-0.2, -0.15) is 0 Å². The third-order valence-corrected chi connectivity index (χ3v) is 8.23. The second-order valence-electron chi connectivity index (χ2n) is 11.0. The number of hydrogen-bond acceptors (Lipinski definition) is 7. The number of carbonyl (C=O) groups is 2. The van der Waals surface area contributed by atoms with Crippen molar-refractivity contribution in [1.82, 2.24) is 0 Å². The summed E-state index contributed by atoms with van der Waals surface area (Å²) < 4.78 is 23.4. The molecule has 0 amide bonds. The normalized spacial score (nSPS) is 11.7. The molecule has 8 heteroatoms. The van der Waals surface area contributed by atoms with Crippen LogP contribution in [-0.4, -0.2) is 33.3 Å². The van der Waals surface area contributed by atoms with E-state index in [0.717, 1.165) is 61.2 Å². The second kappa shape index (κ2) is 20.1. The van der Waals surface area contributed by atoms with Crippen molar-refractivity contribution in [2.75, 3.05) is 0 Å². The van der Waals surface area contributed by atoms with Crippen molar-refractivity contribution in [1.29, 1.82) is 0 Å². The Morgan fingerprint density at radius 2 is 0.935 bits per heavy atom. The summed E-state index contributed by atoms with van der Waals surface area (Å²) in [7, 11) is 0. The van der Waals surface area contributed by atoms with E-state index in [1.54, 1.807) is 0 Å². The molecule has 0 aromatic heterocycles. The van der Waals surface area contributed by atoms with Crippen molar-refractivity contribution >= 4 is 27.8 Å². The summed E-state index contributed by atoms with van der Waals surface area (Å²) in [6.07, 6.45) is 7.16. The van der Waals surface area contributed by atoms with Crippen LogP contribution in [0.2, 0.25) is 0 Å². The Hall–Kier alpha value is -4.09. The van der Waals surface area contributed by atoms with E-state index in [0.29, 0.717) is 24.3 Å². The summed E-state index contributed by atoms with van der Waals surface area (Å²) in [5.74, 6) is 1.03. The van der Waals surface area contributed by atoms with Crippen LogP contribution >= 0.6 is 0 Å². The van der Waals surface area contributed by atoms with Gasteiger partial charge in [0.15, 0.2) is 0 Å². The minimum Gasteiger partial charge on any atom is -0.870 e. The third-order valence-electron chi connectivity index (χ3n) is 7.57. The molecular formula is C38H43AlO7. The Morgan fingerprint density at radius 3 is 1.33 bits per heavy atom. The summed E-state index contributed by atoms with van der Waals surface area (Å²) in [6, 6.07) is 34.2. The summed E-state index contributed by atoms with van der Waals surface area (Å²) in [6.45, 7) is 4.26. The molecule has 4 aromatic rings. The zero-order valence-electron chi connectivity index (χ0n) is 26.7. The van der Waals surface area contributed by atoms with Crippen LogP contribution in [0.4, 0.5) is 0 Å². The van der Waals surface area contributed by atoms with E-state index in [9.17, 15) is 9.59 Å². The maximum Gasteiger partial charge on any atom is -0.870 e. The first-order chi connectivity index (χ1) is 22.1. The van der Waals surface area contributed by atoms with Gasteiger partial charge in [0.25, 0.3) is 0 Å². The Balaban J connectivity index is 0.00000576. The molecule has 0 fully saturated rings.